The van der Waals surface area contributed by atoms with Crippen LogP contribution in [-0.4, -0.2) is 4.98 Å². The zero-order valence-electron chi connectivity index (χ0n) is 6.87. The summed E-state index contributed by atoms with van der Waals surface area (Å²) >= 11 is 3.31. The fraction of sp³-hybridized carbons (Fsp3) is 0.100. The molecular formula is C10H7BrN2. The Bertz CT molecular complexity index is 440. The topological polar surface area (TPSA) is 35.2 Å². The summed E-state index contributed by atoms with van der Waals surface area (Å²) in [4.78, 5) is 4.30. The van der Waals surface area contributed by atoms with Crippen LogP contribution < -0.4 is 5.73 Å². The molecule has 13 heavy (non-hydrogen) atoms. The average molecular weight is 235 g/mol. The molecule has 0 aliphatic carbocycles. The van der Waals surface area contributed by atoms with Gasteiger partial charge in [-0.05, 0) is 28.1 Å². The van der Waals surface area contributed by atoms with E-state index in [1.807, 2.05) is 30.3 Å². The second-order valence-corrected chi connectivity index (χ2v) is 3.54. The lowest BCUT2D eigenvalue weighted by Crippen LogP contribution is -1.90. The number of hydrogen-bond donors (Lipinski definition) is 0. The predicted octanol–water partition coefficient (Wildman–Crippen LogP) is 2.57. The summed E-state index contributed by atoms with van der Waals surface area (Å²) in [5, 5.41) is 1.05. The summed E-state index contributed by atoms with van der Waals surface area (Å²) in [6.07, 6.45) is 0. The number of nitrogens with zero attached hydrogens (tertiary/aromatic N) is 2. The number of hydrogen-bond acceptors (Lipinski definition) is 1. The molecule has 0 N–H and O–H groups in total. The van der Waals surface area contributed by atoms with Gasteiger partial charge >= 0.3 is 0 Å². The Morgan fingerprint density at radius 3 is 2.85 bits per heavy atom. The van der Waals surface area contributed by atoms with Crippen LogP contribution in [0.3, 0.4) is 0 Å². The van der Waals surface area contributed by atoms with Gasteiger partial charge in [0.2, 0.25) is 0 Å². The summed E-state index contributed by atoms with van der Waals surface area (Å²) in [5.74, 6) is 0. The van der Waals surface area contributed by atoms with Gasteiger partial charge in [-0.15, -0.1) is 5.73 Å². The van der Waals surface area contributed by atoms with Crippen LogP contribution in [0.25, 0.3) is 10.9 Å². The van der Waals surface area contributed by atoms with Crippen molar-refractivity contribution in [2.45, 2.75) is 6.54 Å². The van der Waals surface area contributed by atoms with Crippen LogP contribution in [0.5, 0.6) is 0 Å². The van der Waals surface area contributed by atoms with Gasteiger partial charge in [-0.1, -0.05) is 18.2 Å². The largest absolute Gasteiger partial charge is 0.241 e. The molecule has 0 unspecified atom stereocenters. The normalized spacial score (nSPS) is 10.6. The molecule has 0 aliphatic heterocycles. The SMILES string of the molecule is [N]Cc1cc2ccccc2nc1Br. The number of para-hydroxylation sites is 1. The summed E-state index contributed by atoms with van der Waals surface area (Å²) in [7, 11) is 0. The summed E-state index contributed by atoms with van der Waals surface area (Å²) in [6, 6.07) is 9.76. The van der Waals surface area contributed by atoms with E-state index < -0.39 is 0 Å². The van der Waals surface area contributed by atoms with Gasteiger partial charge in [0.1, 0.15) is 4.60 Å². The van der Waals surface area contributed by atoms with Gasteiger partial charge in [0.25, 0.3) is 0 Å². The lowest BCUT2D eigenvalue weighted by Gasteiger charge is -2.01. The third-order valence-corrected chi connectivity index (χ3v) is 2.61. The first kappa shape index (κ1) is 8.66. The molecule has 2 nitrogen and oxygen atoms in total. The minimum absolute atomic E-state index is 0.0123. The zero-order valence-corrected chi connectivity index (χ0v) is 8.45. The number of halogens is 1. The van der Waals surface area contributed by atoms with Crippen molar-refractivity contribution in [3.05, 3.63) is 40.5 Å². The van der Waals surface area contributed by atoms with E-state index in [1.165, 1.54) is 0 Å². The first-order valence-electron chi connectivity index (χ1n) is 3.96. The van der Waals surface area contributed by atoms with Crippen LogP contribution in [0.4, 0.5) is 0 Å². The number of fused-ring (bicyclic) bond motifs is 1. The minimum atomic E-state index is 0.0123. The molecule has 0 bridgehead atoms. The highest BCUT2D eigenvalue weighted by atomic mass is 79.9. The molecule has 0 saturated heterocycles. The summed E-state index contributed by atoms with van der Waals surface area (Å²) < 4.78 is 0.716. The fourth-order valence-electron chi connectivity index (χ4n) is 1.25. The van der Waals surface area contributed by atoms with Crippen molar-refractivity contribution in [1.29, 1.82) is 0 Å². The Morgan fingerprint density at radius 1 is 1.31 bits per heavy atom. The van der Waals surface area contributed by atoms with E-state index >= 15 is 0 Å². The van der Waals surface area contributed by atoms with E-state index in [2.05, 4.69) is 20.9 Å². The molecule has 1 aromatic carbocycles. The minimum Gasteiger partial charge on any atom is -0.241 e. The Morgan fingerprint density at radius 2 is 2.08 bits per heavy atom. The first-order chi connectivity index (χ1) is 6.31. The number of pyridine rings is 1. The van der Waals surface area contributed by atoms with Crippen molar-refractivity contribution in [2.24, 2.45) is 0 Å². The fourth-order valence-corrected chi connectivity index (χ4v) is 1.68. The van der Waals surface area contributed by atoms with Crippen molar-refractivity contribution in [2.75, 3.05) is 0 Å². The van der Waals surface area contributed by atoms with Crippen molar-refractivity contribution in [3.8, 4) is 0 Å². The zero-order chi connectivity index (χ0) is 9.26. The lowest BCUT2D eigenvalue weighted by atomic mass is 10.2. The molecule has 0 saturated carbocycles. The van der Waals surface area contributed by atoms with Crippen LogP contribution in [0.15, 0.2) is 34.9 Å². The molecule has 2 radical (unpaired) electrons. The molecule has 0 atom stereocenters. The molecule has 2 aromatic rings. The van der Waals surface area contributed by atoms with Crippen molar-refractivity contribution < 1.29 is 0 Å². The molecule has 3 heteroatoms. The van der Waals surface area contributed by atoms with Crippen LogP contribution >= 0.6 is 15.9 Å². The molecule has 1 aromatic heterocycles. The van der Waals surface area contributed by atoms with Crippen LogP contribution in [-0.2, 0) is 6.54 Å². The second kappa shape index (κ2) is 3.44. The van der Waals surface area contributed by atoms with Crippen LogP contribution in [0.1, 0.15) is 5.56 Å². The van der Waals surface area contributed by atoms with E-state index in [0.717, 1.165) is 16.5 Å². The summed E-state index contributed by atoms with van der Waals surface area (Å²) in [6.45, 7) is 0.0123. The maximum absolute atomic E-state index is 9.01. The molecule has 0 spiro atoms. The molecule has 64 valence electrons. The standard InChI is InChI=1S/C10H7BrN2/c11-10-8(6-12)5-7-3-1-2-4-9(7)13-10/h1-5H,6H2. The van der Waals surface area contributed by atoms with Crippen molar-refractivity contribution >= 4 is 26.8 Å². The van der Waals surface area contributed by atoms with Gasteiger partial charge in [0.05, 0.1) is 12.1 Å². The Balaban J connectivity index is 2.74. The van der Waals surface area contributed by atoms with Gasteiger partial charge in [0.15, 0.2) is 0 Å². The quantitative estimate of drug-likeness (QED) is 0.699. The molecule has 0 fully saturated rings. The first-order valence-corrected chi connectivity index (χ1v) is 4.75. The highest BCUT2D eigenvalue weighted by Gasteiger charge is 2.02. The molecular weight excluding hydrogens is 228 g/mol. The third kappa shape index (κ3) is 1.57. The average Bonchev–Trinajstić information content (AvgIpc) is 2.17. The molecule has 1 heterocycles. The van der Waals surface area contributed by atoms with Gasteiger partial charge < -0.3 is 0 Å². The number of aromatic nitrogens is 1. The monoisotopic (exact) mass is 234 g/mol. The van der Waals surface area contributed by atoms with Crippen molar-refractivity contribution in [1.82, 2.24) is 10.7 Å². The number of rotatable bonds is 1. The van der Waals surface area contributed by atoms with Gasteiger partial charge in [-0.25, -0.2) is 4.98 Å². The van der Waals surface area contributed by atoms with Gasteiger partial charge in [0, 0.05) is 10.9 Å². The second-order valence-electron chi connectivity index (χ2n) is 2.79. The maximum atomic E-state index is 9.01. The highest BCUT2D eigenvalue weighted by molar-refractivity contribution is 9.10. The molecule has 2 rings (SSSR count). The molecule has 0 amide bonds. The summed E-state index contributed by atoms with van der Waals surface area (Å²) in [5.41, 5.74) is 10.8. The highest BCUT2D eigenvalue weighted by Crippen LogP contribution is 2.20. The molecule has 0 aliphatic rings. The van der Waals surface area contributed by atoms with E-state index in [9.17, 15) is 0 Å². The van der Waals surface area contributed by atoms with E-state index in [-0.39, 0.29) is 6.54 Å². The maximum Gasteiger partial charge on any atom is 0.111 e. The van der Waals surface area contributed by atoms with Crippen molar-refractivity contribution in [3.63, 3.8) is 0 Å². The van der Waals surface area contributed by atoms with E-state index in [4.69, 9.17) is 5.73 Å². The van der Waals surface area contributed by atoms with Gasteiger partial charge in [-0.3, -0.25) is 0 Å². The van der Waals surface area contributed by atoms with E-state index in [0.29, 0.717) is 4.60 Å². The Labute approximate surface area is 84.9 Å². The Kier molecular flexibility index (Phi) is 2.29. The number of benzene rings is 1. The predicted molar refractivity (Wildman–Crippen MR) is 55.3 cm³/mol. The van der Waals surface area contributed by atoms with Crippen LogP contribution in [0.2, 0.25) is 0 Å². The lowest BCUT2D eigenvalue weighted by molar-refractivity contribution is 1.00. The third-order valence-electron chi connectivity index (χ3n) is 1.92. The smallest absolute Gasteiger partial charge is 0.111 e. The van der Waals surface area contributed by atoms with Gasteiger partial charge in [-0.2, -0.15) is 0 Å². The Hall–Kier alpha value is -0.930. The van der Waals surface area contributed by atoms with E-state index in [1.54, 1.807) is 0 Å². The van der Waals surface area contributed by atoms with Crippen LogP contribution in [0, 0.1) is 0 Å².